The van der Waals surface area contributed by atoms with Crippen molar-refractivity contribution >= 4 is 17.5 Å². The smallest absolute Gasteiger partial charge is 0.406 e. The summed E-state index contributed by atoms with van der Waals surface area (Å²) in [5, 5.41) is 2.61. The molecule has 6 nitrogen and oxygen atoms in total. The minimum atomic E-state index is -4.76. The van der Waals surface area contributed by atoms with Crippen molar-refractivity contribution in [2.24, 2.45) is 0 Å². The van der Waals surface area contributed by atoms with Crippen molar-refractivity contribution < 1.29 is 32.4 Å². The van der Waals surface area contributed by atoms with Crippen LogP contribution in [0.25, 0.3) is 0 Å². The fourth-order valence-electron chi connectivity index (χ4n) is 3.54. The Morgan fingerprint density at radius 2 is 1.71 bits per heavy atom. The van der Waals surface area contributed by atoms with Gasteiger partial charge in [-0.05, 0) is 57.4 Å². The number of ether oxygens (including phenoxy) is 1. The molecule has 1 aliphatic heterocycles. The number of quaternary nitrogens is 1. The molecule has 1 aliphatic rings. The highest BCUT2D eigenvalue weighted by Gasteiger charge is 2.31. The highest BCUT2D eigenvalue weighted by molar-refractivity contribution is 5.91. The SMILES string of the molecule is C[C@@H]1CCC[C@@H](C)N1C(=O)C[NH+](C)CC(=O)Nc1ccc(OC(F)(F)F)cc1. The van der Waals surface area contributed by atoms with Crippen LogP contribution in [0.3, 0.4) is 0 Å². The van der Waals surface area contributed by atoms with Gasteiger partial charge in [0.25, 0.3) is 11.8 Å². The van der Waals surface area contributed by atoms with Gasteiger partial charge in [-0.2, -0.15) is 0 Å². The lowest BCUT2D eigenvalue weighted by molar-refractivity contribution is -0.862. The number of carbonyl (C=O) groups excluding carboxylic acids is 2. The van der Waals surface area contributed by atoms with Gasteiger partial charge in [0, 0.05) is 17.8 Å². The van der Waals surface area contributed by atoms with Crippen LogP contribution in [-0.2, 0) is 9.59 Å². The van der Waals surface area contributed by atoms with Gasteiger partial charge in [-0.25, -0.2) is 0 Å². The quantitative estimate of drug-likeness (QED) is 0.763. The molecule has 2 rings (SSSR count). The summed E-state index contributed by atoms with van der Waals surface area (Å²) in [6.07, 6.45) is -1.66. The number of amides is 2. The lowest BCUT2D eigenvalue weighted by atomic mass is 9.97. The van der Waals surface area contributed by atoms with Crippen molar-refractivity contribution in [2.45, 2.75) is 51.6 Å². The van der Waals surface area contributed by atoms with Gasteiger partial charge in [0.2, 0.25) is 0 Å². The number of nitrogens with zero attached hydrogens (tertiary/aromatic N) is 1. The summed E-state index contributed by atoms with van der Waals surface area (Å²) in [5.74, 6) is -0.656. The fraction of sp³-hybridized carbons (Fsp3) is 0.579. The molecule has 0 spiro atoms. The third-order valence-electron chi connectivity index (χ3n) is 4.77. The number of likely N-dealkylation sites (tertiary alicyclic amines) is 1. The standard InChI is InChI=1S/C19H26F3N3O3/c1-13-5-4-6-14(2)25(13)18(27)12-24(3)11-17(26)23-15-7-9-16(10-8-15)28-19(20,21)22/h7-10,13-14H,4-6,11-12H2,1-3H3,(H,23,26)/p+1/t13-,14-/m1/s1. The maximum atomic E-state index is 12.6. The third kappa shape index (κ3) is 6.70. The Bertz CT molecular complexity index is 669. The van der Waals surface area contributed by atoms with Crippen LogP contribution in [-0.4, -0.2) is 55.3 Å². The van der Waals surface area contributed by atoms with Crippen LogP contribution in [0.4, 0.5) is 18.9 Å². The Morgan fingerprint density at radius 1 is 1.14 bits per heavy atom. The number of alkyl halides is 3. The molecule has 1 saturated heterocycles. The van der Waals surface area contributed by atoms with E-state index in [9.17, 15) is 22.8 Å². The molecular weight excluding hydrogens is 375 g/mol. The zero-order valence-corrected chi connectivity index (χ0v) is 16.3. The molecule has 28 heavy (non-hydrogen) atoms. The van der Waals surface area contributed by atoms with Gasteiger partial charge in [-0.1, -0.05) is 0 Å². The van der Waals surface area contributed by atoms with E-state index < -0.39 is 6.36 Å². The number of likely N-dealkylation sites (N-methyl/N-ethyl adjacent to an activating group) is 1. The molecule has 1 fully saturated rings. The van der Waals surface area contributed by atoms with Crippen LogP contribution in [0.1, 0.15) is 33.1 Å². The molecule has 9 heteroatoms. The van der Waals surface area contributed by atoms with Crippen LogP contribution >= 0.6 is 0 Å². The molecule has 0 saturated carbocycles. The summed E-state index contributed by atoms with van der Waals surface area (Å²) >= 11 is 0. The molecule has 0 radical (unpaired) electrons. The zero-order chi connectivity index (χ0) is 20.9. The number of nitrogens with one attached hydrogen (secondary N) is 2. The van der Waals surface area contributed by atoms with Crippen molar-refractivity contribution in [3.63, 3.8) is 0 Å². The van der Waals surface area contributed by atoms with Crippen LogP contribution < -0.4 is 15.0 Å². The molecular formula is C19H27F3N3O3+. The number of carbonyl (C=O) groups is 2. The largest absolute Gasteiger partial charge is 0.573 e. The summed E-state index contributed by atoms with van der Waals surface area (Å²) in [7, 11) is 1.76. The highest BCUT2D eigenvalue weighted by atomic mass is 19.4. The fourth-order valence-corrected chi connectivity index (χ4v) is 3.54. The first-order valence-electron chi connectivity index (χ1n) is 9.33. The van der Waals surface area contributed by atoms with E-state index in [4.69, 9.17) is 0 Å². The second-order valence-electron chi connectivity index (χ2n) is 7.36. The summed E-state index contributed by atoms with van der Waals surface area (Å²) in [4.78, 5) is 27.4. The van der Waals surface area contributed by atoms with Gasteiger partial charge in [0.05, 0.1) is 7.05 Å². The maximum absolute atomic E-state index is 12.6. The average molecular weight is 402 g/mol. The van der Waals surface area contributed by atoms with Gasteiger partial charge < -0.3 is 19.9 Å². The molecule has 0 aliphatic carbocycles. The van der Waals surface area contributed by atoms with Crippen molar-refractivity contribution in [3.05, 3.63) is 24.3 Å². The number of benzene rings is 1. The van der Waals surface area contributed by atoms with Crippen molar-refractivity contribution in [2.75, 3.05) is 25.5 Å². The number of hydrogen-bond acceptors (Lipinski definition) is 3. The number of piperidine rings is 1. The van der Waals surface area contributed by atoms with E-state index in [1.165, 1.54) is 12.1 Å². The molecule has 0 aromatic heterocycles. The number of hydrogen-bond donors (Lipinski definition) is 2. The second kappa shape index (κ2) is 9.27. The number of halogens is 3. The highest BCUT2D eigenvalue weighted by Crippen LogP contribution is 2.24. The first-order valence-corrected chi connectivity index (χ1v) is 9.33. The van der Waals surface area contributed by atoms with Crippen LogP contribution in [0.5, 0.6) is 5.75 Å². The third-order valence-corrected chi connectivity index (χ3v) is 4.77. The summed E-state index contributed by atoms with van der Waals surface area (Å²) in [6.45, 7) is 4.37. The first kappa shape index (κ1) is 22.0. The van der Waals surface area contributed by atoms with Gasteiger partial charge in [-0.3, -0.25) is 9.59 Å². The minimum absolute atomic E-state index is 0.0265. The minimum Gasteiger partial charge on any atom is -0.406 e. The number of anilines is 1. The van der Waals surface area contributed by atoms with Crippen LogP contribution in [0.2, 0.25) is 0 Å². The Hall–Kier alpha value is -2.29. The summed E-state index contributed by atoms with van der Waals surface area (Å²) in [5.41, 5.74) is 0.358. The summed E-state index contributed by atoms with van der Waals surface area (Å²) in [6, 6.07) is 5.32. The molecule has 1 aromatic carbocycles. The lowest BCUT2D eigenvalue weighted by Crippen LogP contribution is -3.11. The molecule has 156 valence electrons. The van der Waals surface area contributed by atoms with Gasteiger partial charge in [-0.15, -0.1) is 13.2 Å². The number of rotatable bonds is 6. The normalized spacial score (nSPS) is 21.1. The Morgan fingerprint density at radius 3 is 2.25 bits per heavy atom. The average Bonchev–Trinajstić information content (AvgIpc) is 2.54. The monoisotopic (exact) mass is 402 g/mol. The Kier molecular flexibility index (Phi) is 7.29. The second-order valence-corrected chi connectivity index (χ2v) is 7.36. The molecule has 0 bridgehead atoms. The first-order chi connectivity index (χ1) is 13.0. The molecule has 1 unspecified atom stereocenters. The van der Waals surface area contributed by atoms with E-state index in [1.807, 2.05) is 18.7 Å². The molecule has 3 atom stereocenters. The summed E-state index contributed by atoms with van der Waals surface area (Å²) < 4.78 is 40.3. The van der Waals surface area contributed by atoms with Gasteiger partial charge >= 0.3 is 6.36 Å². The van der Waals surface area contributed by atoms with Crippen LogP contribution in [0, 0.1) is 0 Å². The van der Waals surface area contributed by atoms with E-state index in [2.05, 4.69) is 10.1 Å². The Labute approximate surface area is 162 Å². The van der Waals surface area contributed by atoms with E-state index in [0.717, 1.165) is 36.3 Å². The molecule has 2 amide bonds. The van der Waals surface area contributed by atoms with E-state index in [-0.39, 0.29) is 42.7 Å². The molecule has 1 aromatic rings. The van der Waals surface area contributed by atoms with Crippen molar-refractivity contribution in [1.82, 2.24) is 4.90 Å². The van der Waals surface area contributed by atoms with E-state index in [0.29, 0.717) is 5.69 Å². The van der Waals surface area contributed by atoms with E-state index in [1.54, 1.807) is 7.05 Å². The maximum Gasteiger partial charge on any atom is 0.573 e. The predicted molar refractivity (Wildman–Crippen MR) is 98.0 cm³/mol. The van der Waals surface area contributed by atoms with Gasteiger partial charge in [0.15, 0.2) is 13.1 Å². The predicted octanol–water partition coefficient (Wildman–Crippen LogP) is 1.83. The van der Waals surface area contributed by atoms with Gasteiger partial charge in [0.1, 0.15) is 5.75 Å². The molecule has 1 heterocycles. The van der Waals surface area contributed by atoms with Crippen molar-refractivity contribution in [1.29, 1.82) is 0 Å². The zero-order valence-electron chi connectivity index (χ0n) is 16.3. The topological polar surface area (TPSA) is 63.1 Å². The Balaban J connectivity index is 1.82. The van der Waals surface area contributed by atoms with E-state index >= 15 is 0 Å². The van der Waals surface area contributed by atoms with Crippen molar-refractivity contribution in [3.8, 4) is 5.75 Å². The molecule has 2 N–H and O–H groups in total. The lowest BCUT2D eigenvalue weighted by Gasteiger charge is -2.39. The van der Waals surface area contributed by atoms with Crippen LogP contribution in [0.15, 0.2) is 24.3 Å².